The summed E-state index contributed by atoms with van der Waals surface area (Å²) < 4.78 is 5.77. The van der Waals surface area contributed by atoms with Gasteiger partial charge in [0.15, 0.2) is 0 Å². The van der Waals surface area contributed by atoms with Crippen LogP contribution >= 0.6 is 0 Å². The first-order chi connectivity index (χ1) is 8.81. The molecule has 1 atom stereocenters. The van der Waals surface area contributed by atoms with E-state index in [0.29, 0.717) is 24.2 Å². The molecule has 0 aromatic carbocycles. The highest BCUT2D eigenvalue weighted by molar-refractivity contribution is 5.77. The normalized spacial score (nSPS) is 23.1. The zero-order chi connectivity index (χ0) is 12.4. The number of rotatable bonds is 4. The van der Waals surface area contributed by atoms with E-state index in [1.807, 2.05) is 23.1 Å². The van der Waals surface area contributed by atoms with Crippen LogP contribution in [0.4, 0.5) is 0 Å². The zero-order valence-corrected chi connectivity index (χ0v) is 10.4. The van der Waals surface area contributed by atoms with E-state index in [1.165, 1.54) is 12.8 Å². The van der Waals surface area contributed by atoms with Crippen LogP contribution < -0.4 is 4.74 Å². The van der Waals surface area contributed by atoms with Gasteiger partial charge in [-0.3, -0.25) is 4.79 Å². The molecular weight excluding hydrogens is 228 g/mol. The standard InChI is InChI=1S/C14H18N2O2/c17-14(9-11-4-5-11)16-8-6-12(10-16)18-13-3-1-2-7-15-13/h1-3,7,11-12H,4-6,8-10H2. The number of nitrogens with zero attached hydrogens (tertiary/aromatic N) is 2. The quantitative estimate of drug-likeness (QED) is 0.814. The Morgan fingerprint density at radius 1 is 1.39 bits per heavy atom. The Kier molecular flexibility index (Phi) is 3.17. The van der Waals surface area contributed by atoms with Crippen LogP contribution in [0.5, 0.6) is 5.88 Å². The van der Waals surface area contributed by atoms with Crippen LogP contribution in [0.3, 0.4) is 0 Å². The number of ether oxygens (including phenoxy) is 1. The third-order valence-corrected chi connectivity index (χ3v) is 3.58. The monoisotopic (exact) mass is 246 g/mol. The van der Waals surface area contributed by atoms with E-state index >= 15 is 0 Å². The molecule has 0 bridgehead atoms. The maximum absolute atomic E-state index is 11.9. The Labute approximate surface area is 107 Å². The van der Waals surface area contributed by atoms with Crippen LogP contribution in [0.25, 0.3) is 0 Å². The molecule has 2 fully saturated rings. The van der Waals surface area contributed by atoms with Crippen molar-refractivity contribution in [2.24, 2.45) is 5.92 Å². The molecule has 2 heterocycles. The molecule has 0 radical (unpaired) electrons. The molecule has 2 aliphatic rings. The highest BCUT2D eigenvalue weighted by Gasteiger charge is 2.31. The van der Waals surface area contributed by atoms with Crippen molar-refractivity contribution in [3.05, 3.63) is 24.4 Å². The fourth-order valence-electron chi connectivity index (χ4n) is 2.34. The van der Waals surface area contributed by atoms with Gasteiger partial charge < -0.3 is 9.64 Å². The minimum absolute atomic E-state index is 0.100. The van der Waals surface area contributed by atoms with Gasteiger partial charge in [-0.15, -0.1) is 0 Å². The maximum Gasteiger partial charge on any atom is 0.222 e. The average molecular weight is 246 g/mol. The SMILES string of the molecule is O=C(CC1CC1)N1CCC(Oc2ccccn2)C1. The van der Waals surface area contributed by atoms with Crippen LogP contribution in [0.1, 0.15) is 25.7 Å². The summed E-state index contributed by atoms with van der Waals surface area (Å²) in [6.07, 6.45) is 5.92. The lowest BCUT2D eigenvalue weighted by molar-refractivity contribution is -0.130. The number of amides is 1. The molecule has 1 aliphatic heterocycles. The van der Waals surface area contributed by atoms with Crippen molar-refractivity contribution in [2.45, 2.75) is 31.8 Å². The van der Waals surface area contributed by atoms with Gasteiger partial charge in [0, 0.05) is 31.6 Å². The maximum atomic E-state index is 11.9. The van der Waals surface area contributed by atoms with E-state index in [4.69, 9.17) is 4.74 Å². The topological polar surface area (TPSA) is 42.4 Å². The molecule has 1 aromatic rings. The van der Waals surface area contributed by atoms with Crippen molar-refractivity contribution in [2.75, 3.05) is 13.1 Å². The van der Waals surface area contributed by atoms with E-state index in [-0.39, 0.29) is 6.10 Å². The fourth-order valence-corrected chi connectivity index (χ4v) is 2.34. The zero-order valence-electron chi connectivity index (χ0n) is 10.4. The summed E-state index contributed by atoms with van der Waals surface area (Å²) in [6.45, 7) is 1.53. The van der Waals surface area contributed by atoms with Crippen LogP contribution in [-0.4, -0.2) is 35.0 Å². The minimum atomic E-state index is 0.100. The Morgan fingerprint density at radius 3 is 3.00 bits per heavy atom. The first-order valence-corrected chi connectivity index (χ1v) is 6.67. The first kappa shape index (κ1) is 11.5. The summed E-state index contributed by atoms with van der Waals surface area (Å²) in [5.41, 5.74) is 0. The third kappa shape index (κ3) is 2.81. The number of carbonyl (C=O) groups is 1. The largest absolute Gasteiger partial charge is 0.472 e. The summed E-state index contributed by atoms with van der Waals surface area (Å²) in [7, 11) is 0. The summed E-state index contributed by atoms with van der Waals surface area (Å²) in [5, 5.41) is 0. The van der Waals surface area contributed by atoms with Gasteiger partial charge in [0.25, 0.3) is 0 Å². The van der Waals surface area contributed by atoms with Gasteiger partial charge in [-0.05, 0) is 24.8 Å². The number of hydrogen-bond acceptors (Lipinski definition) is 3. The van der Waals surface area contributed by atoms with Gasteiger partial charge in [0.05, 0.1) is 6.54 Å². The van der Waals surface area contributed by atoms with Crippen molar-refractivity contribution < 1.29 is 9.53 Å². The lowest BCUT2D eigenvalue weighted by Crippen LogP contribution is -2.31. The van der Waals surface area contributed by atoms with Gasteiger partial charge >= 0.3 is 0 Å². The van der Waals surface area contributed by atoms with Crippen molar-refractivity contribution in [3.8, 4) is 5.88 Å². The van der Waals surface area contributed by atoms with Crippen LogP contribution in [0, 0.1) is 5.92 Å². The molecule has 0 spiro atoms. The lowest BCUT2D eigenvalue weighted by Gasteiger charge is -2.16. The molecule has 1 unspecified atom stereocenters. The Bertz CT molecular complexity index is 417. The molecule has 18 heavy (non-hydrogen) atoms. The predicted molar refractivity (Wildman–Crippen MR) is 67.2 cm³/mol. The molecule has 96 valence electrons. The van der Waals surface area contributed by atoms with E-state index in [0.717, 1.165) is 19.4 Å². The Balaban J connectivity index is 1.50. The Hall–Kier alpha value is -1.58. The molecule has 1 aromatic heterocycles. The van der Waals surface area contributed by atoms with E-state index in [1.54, 1.807) is 6.20 Å². The van der Waals surface area contributed by atoms with Crippen molar-refractivity contribution in [1.29, 1.82) is 0 Å². The summed E-state index contributed by atoms with van der Waals surface area (Å²) >= 11 is 0. The van der Waals surface area contributed by atoms with E-state index in [2.05, 4.69) is 4.98 Å². The summed E-state index contributed by atoms with van der Waals surface area (Å²) in [5.74, 6) is 1.61. The Morgan fingerprint density at radius 2 is 2.28 bits per heavy atom. The molecule has 0 N–H and O–H groups in total. The predicted octanol–water partition coefficient (Wildman–Crippen LogP) is 1.86. The van der Waals surface area contributed by atoms with Gasteiger partial charge in [0.2, 0.25) is 11.8 Å². The minimum Gasteiger partial charge on any atom is -0.472 e. The van der Waals surface area contributed by atoms with Crippen molar-refractivity contribution in [3.63, 3.8) is 0 Å². The second-order valence-corrected chi connectivity index (χ2v) is 5.18. The average Bonchev–Trinajstić information content (AvgIpc) is 3.07. The van der Waals surface area contributed by atoms with Gasteiger partial charge in [-0.1, -0.05) is 6.07 Å². The lowest BCUT2D eigenvalue weighted by atomic mass is 10.2. The molecule has 3 rings (SSSR count). The number of hydrogen-bond donors (Lipinski definition) is 0. The molecule has 1 aliphatic carbocycles. The van der Waals surface area contributed by atoms with Gasteiger partial charge in [-0.25, -0.2) is 4.98 Å². The number of pyridine rings is 1. The fraction of sp³-hybridized carbons (Fsp3) is 0.571. The van der Waals surface area contributed by atoms with E-state index < -0.39 is 0 Å². The van der Waals surface area contributed by atoms with Gasteiger partial charge in [-0.2, -0.15) is 0 Å². The summed E-state index contributed by atoms with van der Waals surface area (Å²) in [4.78, 5) is 18.0. The van der Waals surface area contributed by atoms with Crippen LogP contribution in [-0.2, 0) is 4.79 Å². The van der Waals surface area contributed by atoms with Crippen molar-refractivity contribution in [1.82, 2.24) is 9.88 Å². The third-order valence-electron chi connectivity index (χ3n) is 3.58. The number of carbonyl (C=O) groups excluding carboxylic acids is 1. The second-order valence-electron chi connectivity index (χ2n) is 5.18. The van der Waals surface area contributed by atoms with Gasteiger partial charge in [0.1, 0.15) is 6.10 Å². The molecule has 4 heteroatoms. The highest BCUT2D eigenvalue weighted by Crippen LogP contribution is 2.33. The van der Waals surface area contributed by atoms with Crippen molar-refractivity contribution >= 4 is 5.91 Å². The smallest absolute Gasteiger partial charge is 0.222 e. The second kappa shape index (κ2) is 4.96. The number of likely N-dealkylation sites (tertiary alicyclic amines) is 1. The molecule has 1 saturated heterocycles. The van der Waals surface area contributed by atoms with Crippen LogP contribution in [0.15, 0.2) is 24.4 Å². The van der Waals surface area contributed by atoms with Crippen LogP contribution in [0.2, 0.25) is 0 Å². The molecule has 1 saturated carbocycles. The first-order valence-electron chi connectivity index (χ1n) is 6.67. The summed E-state index contributed by atoms with van der Waals surface area (Å²) in [6, 6.07) is 5.63. The molecule has 1 amide bonds. The van der Waals surface area contributed by atoms with E-state index in [9.17, 15) is 4.79 Å². The number of aromatic nitrogens is 1. The highest BCUT2D eigenvalue weighted by atomic mass is 16.5. The molecule has 4 nitrogen and oxygen atoms in total. The molecular formula is C14H18N2O2.